The van der Waals surface area contributed by atoms with Gasteiger partial charge >= 0.3 is 0 Å². The van der Waals surface area contributed by atoms with Gasteiger partial charge in [0.15, 0.2) is 5.78 Å². The third-order valence-corrected chi connectivity index (χ3v) is 1.29. The van der Waals surface area contributed by atoms with Gasteiger partial charge < -0.3 is 24.9 Å². The summed E-state index contributed by atoms with van der Waals surface area (Å²) in [6.07, 6.45) is -1.60. The standard InChI is InChI=1S/C7H10O6/c1-7(13,3-5(9)10)2-4(8)6(11)12/h13H,2-3H2,1H3,(H,9,10)(H,11,12)/p-2. The summed E-state index contributed by atoms with van der Waals surface area (Å²) in [7, 11) is 0. The summed E-state index contributed by atoms with van der Waals surface area (Å²) in [6.45, 7) is 1.03. The maximum absolute atomic E-state index is 10.5. The van der Waals surface area contributed by atoms with Crippen LogP contribution >= 0.6 is 0 Å². The molecule has 0 aromatic heterocycles. The molecule has 0 saturated heterocycles. The van der Waals surface area contributed by atoms with Gasteiger partial charge in [-0.2, -0.15) is 0 Å². The van der Waals surface area contributed by atoms with E-state index in [4.69, 9.17) is 0 Å². The molecule has 1 atom stereocenters. The molecule has 0 heterocycles. The van der Waals surface area contributed by atoms with Gasteiger partial charge in [0, 0.05) is 18.8 Å². The molecule has 0 spiro atoms. The molecule has 0 aromatic carbocycles. The molecule has 1 unspecified atom stereocenters. The van der Waals surface area contributed by atoms with Crippen molar-refractivity contribution < 1.29 is 29.7 Å². The van der Waals surface area contributed by atoms with E-state index in [0.717, 1.165) is 6.92 Å². The second kappa shape index (κ2) is 3.99. The molecule has 6 heteroatoms. The van der Waals surface area contributed by atoms with Crippen LogP contribution in [0.25, 0.3) is 0 Å². The molecule has 0 saturated carbocycles. The maximum atomic E-state index is 10.5. The summed E-state index contributed by atoms with van der Waals surface area (Å²) in [5.74, 6) is -4.85. The van der Waals surface area contributed by atoms with E-state index in [1.807, 2.05) is 0 Å². The topological polar surface area (TPSA) is 118 Å². The molecule has 0 radical (unpaired) electrons. The average molecular weight is 188 g/mol. The summed E-state index contributed by atoms with van der Waals surface area (Å²) >= 11 is 0. The summed E-state index contributed by atoms with van der Waals surface area (Å²) < 4.78 is 0. The van der Waals surface area contributed by atoms with Gasteiger partial charge in [-0.25, -0.2) is 0 Å². The minimum Gasteiger partial charge on any atom is -0.550 e. The zero-order chi connectivity index (χ0) is 10.6. The predicted molar refractivity (Wildman–Crippen MR) is 34.9 cm³/mol. The van der Waals surface area contributed by atoms with Crippen molar-refractivity contribution in [2.45, 2.75) is 25.4 Å². The number of hydrogen-bond donors (Lipinski definition) is 1. The lowest BCUT2D eigenvalue weighted by molar-refractivity contribution is -0.310. The van der Waals surface area contributed by atoms with Crippen LogP contribution in [0.4, 0.5) is 0 Å². The number of rotatable bonds is 5. The smallest absolute Gasteiger partial charge is 0.181 e. The molecule has 0 fully saturated rings. The van der Waals surface area contributed by atoms with E-state index in [-0.39, 0.29) is 0 Å². The molecular formula is C7H8O6-2. The van der Waals surface area contributed by atoms with Crippen molar-refractivity contribution in [2.24, 2.45) is 0 Å². The van der Waals surface area contributed by atoms with Crippen molar-refractivity contribution in [3.8, 4) is 0 Å². The van der Waals surface area contributed by atoms with E-state index >= 15 is 0 Å². The van der Waals surface area contributed by atoms with Crippen molar-refractivity contribution in [2.75, 3.05) is 0 Å². The molecule has 0 aliphatic rings. The third kappa shape index (κ3) is 4.91. The summed E-state index contributed by atoms with van der Waals surface area (Å²) in [4.78, 5) is 30.5. The highest BCUT2D eigenvalue weighted by atomic mass is 16.4. The molecule has 0 aliphatic heterocycles. The van der Waals surface area contributed by atoms with E-state index in [2.05, 4.69) is 0 Å². The van der Waals surface area contributed by atoms with Crippen LogP contribution in [0.15, 0.2) is 0 Å². The molecule has 74 valence electrons. The number of hydrogen-bond acceptors (Lipinski definition) is 6. The fourth-order valence-corrected chi connectivity index (χ4v) is 0.792. The van der Waals surface area contributed by atoms with Gasteiger partial charge in [0.25, 0.3) is 0 Å². The van der Waals surface area contributed by atoms with E-state index in [1.165, 1.54) is 0 Å². The van der Waals surface area contributed by atoms with E-state index in [0.29, 0.717) is 0 Å². The minimum atomic E-state index is -1.95. The quantitative estimate of drug-likeness (QED) is 0.449. The van der Waals surface area contributed by atoms with Crippen molar-refractivity contribution >= 4 is 17.7 Å². The lowest BCUT2D eigenvalue weighted by atomic mass is 9.96. The Hall–Kier alpha value is -1.43. The first kappa shape index (κ1) is 11.6. The van der Waals surface area contributed by atoms with Crippen LogP contribution in [-0.4, -0.2) is 28.4 Å². The number of carbonyl (C=O) groups excluding carboxylic acids is 3. The van der Waals surface area contributed by atoms with Crippen LogP contribution in [0.5, 0.6) is 0 Å². The van der Waals surface area contributed by atoms with Gasteiger partial charge in [-0.15, -0.1) is 0 Å². The number of carboxylic acids is 2. The van der Waals surface area contributed by atoms with Gasteiger partial charge in [-0.05, 0) is 6.92 Å². The lowest BCUT2D eigenvalue weighted by Crippen LogP contribution is -2.41. The number of carboxylic acid groups (broad SMARTS) is 2. The van der Waals surface area contributed by atoms with E-state index in [9.17, 15) is 29.7 Å². The molecular weight excluding hydrogens is 180 g/mol. The average Bonchev–Trinajstić information content (AvgIpc) is 1.81. The monoisotopic (exact) mass is 188 g/mol. The van der Waals surface area contributed by atoms with Crippen LogP contribution in [0.2, 0.25) is 0 Å². The maximum Gasteiger partial charge on any atom is 0.181 e. The highest BCUT2D eigenvalue weighted by Crippen LogP contribution is 2.13. The van der Waals surface area contributed by atoms with Crippen LogP contribution in [-0.2, 0) is 14.4 Å². The number of Topliss-reactive ketones (excluding diaryl/α,β-unsaturated/α-hetero) is 1. The Kier molecular flexibility index (Phi) is 3.55. The Balaban J connectivity index is 4.24. The zero-order valence-electron chi connectivity index (χ0n) is 6.90. The Morgan fingerprint density at radius 3 is 2.00 bits per heavy atom. The normalized spacial score (nSPS) is 14.6. The van der Waals surface area contributed by atoms with Crippen LogP contribution in [0.1, 0.15) is 19.8 Å². The van der Waals surface area contributed by atoms with Crippen molar-refractivity contribution in [1.82, 2.24) is 0 Å². The summed E-state index contributed by atoms with van der Waals surface area (Å²) in [5, 5.41) is 29.1. The molecule has 1 N–H and O–H groups in total. The zero-order valence-corrected chi connectivity index (χ0v) is 6.90. The molecule has 0 amide bonds. The first-order valence-electron chi connectivity index (χ1n) is 3.41. The van der Waals surface area contributed by atoms with E-state index < -0.39 is 36.2 Å². The number of ketones is 1. The van der Waals surface area contributed by atoms with Gasteiger partial charge in [-0.1, -0.05) is 0 Å². The fourth-order valence-electron chi connectivity index (χ4n) is 0.792. The fraction of sp³-hybridized carbons (Fsp3) is 0.571. The van der Waals surface area contributed by atoms with Crippen LogP contribution in [0, 0.1) is 0 Å². The van der Waals surface area contributed by atoms with Gasteiger partial charge in [0.1, 0.15) is 5.97 Å². The molecule has 0 rings (SSSR count). The molecule has 0 bridgehead atoms. The number of aliphatic hydroxyl groups is 1. The van der Waals surface area contributed by atoms with Gasteiger partial charge in [0.05, 0.1) is 5.60 Å². The Labute approximate surface area is 73.8 Å². The predicted octanol–water partition coefficient (Wildman–Crippen LogP) is -3.41. The third-order valence-electron chi connectivity index (χ3n) is 1.29. The van der Waals surface area contributed by atoms with Gasteiger partial charge in [0.2, 0.25) is 0 Å². The molecule has 0 aliphatic carbocycles. The van der Waals surface area contributed by atoms with Gasteiger partial charge in [-0.3, -0.25) is 4.79 Å². The van der Waals surface area contributed by atoms with Crippen LogP contribution < -0.4 is 10.2 Å². The molecule has 6 nitrogen and oxygen atoms in total. The SMILES string of the molecule is CC(O)(CC(=O)[O-])CC(=O)C(=O)[O-]. The highest BCUT2D eigenvalue weighted by Gasteiger charge is 2.24. The minimum absolute atomic E-state index is 0.800. The first-order chi connectivity index (χ1) is 5.74. The Bertz CT molecular complexity index is 241. The summed E-state index contributed by atoms with van der Waals surface area (Å²) in [5.41, 5.74) is -1.91. The highest BCUT2D eigenvalue weighted by molar-refractivity contribution is 6.31. The first-order valence-corrected chi connectivity index (χ1v) is 3.41. The number of carbonyl (C=O) groups is 3. The lowest BCUT2D eigenvalue weighted by Gasteiger charge is -2.22. The Morgan fingerprint density at radius 1 is 1.23 bits per heavy atom. The second-order valence-corrected chi connectivity index (χ2v) is 2.93. The second-order valence-electron chi connectivity index (χ2n) is 2.93. The van der Waals surface area contributed by atoms with Crippen molar-refractivity contribution in [1.29, 1.82) is 0 Å². The van der Waals surface area contributed by atoms with Crippen molar-refractivity contribution in [3.63, 3.8) is 0 Å². The van der Waals surface area contributed by atoms with E-state index in [1.54, 1.807) is 0 Å². The molecule has 13 heavy (non-hydrogen) atoms. The summed E-state index contributed by atoms with van der Waals surface area (Å²) in [6, 6.07) is 0. The Morgan fingerprint density at radius 2 is 1.69 bits per heavy atom. The van der Waals surface area contributed by atoms with Crippen molar-refractivity contribution in [3.05, 3.63) is 0 Å². The molecule has 0 aromatic rings. The largest absolute Gasteiger partial charge is 0.550 e. The van der Waals surface area contributed by atoms with Crippen LogP contribution in [0.3, 0.4) is 0 Å². The number of aliphatic carboxylic acids is 2.